The maximum absolute atomic E-state index is 6.39. The van der Waals surface area contributed by atoms with Crippen LogP contribution in [0.25, 0.3) is 0 Å². The Morgan fingerprint density at radius 2 is 2.30 bits per heavy atom. The Hall–Kier alpha value is -1.04. The van der Waals surface area contributed by atoms with Gasteiger partial charge in [0.15, 0.2) is 0 Å². The maximum Gasteiger partial charge on any atom is 0.134 e. The van der Waals surface area contributed by atoms with Gasteiger partial charge < -0.3 is 10.1 Å². The van der Waals surface area contributed by atoms with Gasteiger partial charge >= 0.3 is 0 Å². The number of halogens is 1. The van der Waals surface area contributed by atoms with Crippen LogP contribution in [-0.2, 0) is 13.0 Å². The van der Waals surface area contributed by atoms with Gasteiger partial charge in [0.1, 0.15) is 5.75 Å². The highest BCUT2D eigenvalue weighted by Gasteiger charge is 2.21. The number of aryl methyl sites for hydroxylation is 2. The van der Waals surface area contributed by atoms with E-state index in [1.54, 1.807) is 18.4 Å². The van der Waals surface area contributed by atoms with E-state index in [4.69, 9.17) is 16.3 Å². The molecule has 2 heterocycles. The number of hydrogen-bond acceptors (Lipinski definition) is 4. The minimum atomic E-state index is 0.170. The second-order valence-electron chi connectivity index (χ2n) is 4.56. The van der Waals surface area contributed by atoms with Crippen molar-refractivity contribution in [3.8, 4) is 5.75 Å². The molecule has 6 heteroatoms. The summed E-state index contributed by atoms with van der Waals surface area (Å²) in [5, 5.41) is 10.6. The van der Waals surface area contributed by atoms with Crippen LogP contribution in [0.15, 0.2) is 11.4 Å². The summed E-state index contributed by atoms with van der Waals surface area (Å²) in [4.78, 5) is 1.19. The van der Waals surface area contributed by atoms with Gasteiger partial charge in [0.25, 0.3) is 0 Å². The van der Waals surface area contributed by atoms with Gasteiger partial charge in [-0.05, 0) is 32.3 Å². The van der Waals surface area contributed by atoms with Crippen LogP contribution in [0.2, 0.25) is 5.02 Å². The van der Waals surface area contributed by atoms with Gasteiger partial charge in [0, 0.05) is 13.0 Å². The fourth-order valence-corrected chi connectivity index (χ4v) is 3.50. The second-order valence-corrected chi connectivity index (χ2v) is 5.89. The fraction of sp³-hybridized carbons (Fsp3) is 0.500. The summed E-state index contributed by atoms with van der Waals surface area (Å²) in [6.07, 6.45) is 0.793. The van der Waals surface area contributed by atoms with Gasteiger partial charge in [-0.3, -0.25) is 4.68 Å². The molecule has 0 aliphatic carbocycles. The Kier molecular flexibility index (Phi) is 5.07. The van der Waals surface area contributed by atoms with Crippen LogP contribution in [0.5, 0.6) is 5.75 Å². The van der Waals surface area contributed by atoms with Crippen LogP contribution in [0.1, 0.15) is 29.2 Å². The maximum atomic E-state index is 6.39. The third kappa shape index (κ3) is 2.85. The first-order valence-electron chi connectivity index (χ1n) is 6.62. The van der Waals surface area contributed by atoms with Crippen LogP contribution in [-0.4, -0.2) is 23.9 Å². The Balaban J connectivity index is 2.31. The summed E-state index contributed by atoms with van der Waals surface area (Å²) in [6, 6.07) is 2.16. The molecular weight excluding hydrogens is 294 g/mol. The zero-order chi connectivity index (χ0) is 14.7. The molecule has 0 saturated carbocycles. The molecule has 0 amide bonds. The molecule has 0 bridgehead atoms. The zero-order valence-electron chi connectivity index (χ0n) is 12.2. The lowest BCUT2D eigenvalue weighted by Gasteiger charge is -2.17. The van der Waals surface area contributed by atoms with Crippen LogP contribution in [0.3, 0.4) is 0 Å². The van der Waals surface area contributed by atoms with Crippen LogP contribution in [0, 0.1) is 6.92 Å². The molecule has 0 aromatic carbocycles. The molecule has 1 N–H and O–H groups in total. The van der Waals surface area contributed by atoms with E-state index in [9.17, 15) is 0 Å². The monoisotopic (exact) mass is 313 g/mol. The number of nitrogens with zero attached hydrogens (tertiary/aromatic N) is 2. The number of methoxy groups -OCH3 is 1. The molecule has 0 fully saturated rings. The average Bonchev–Trinajstić information content (AvgIpc) is 3.03. The fourth-order valence-electron chi connectivity index (χ4n) is 2.32. The second kappa shape index (κ2) is 6.61. The van der Waals surface area contributed by atoms with Crippen molar-refractivity contribution in [2.24, 2.45) is 0 Å². The van der Waals surface area contributed by atoms with Crippen molar-refractivity contribution in [2.75, 3.05) is 14.2 Å². The van der Waals surface area contributed by atoms with Gasteiger partial charge in [-0.2, -0.15) is 5.10 Å². The first-order valence-corrected chi connectivity index (χ1v) is 7.88. The number of aromatic nitrogens is 2. The van der Waals surface area contributed by atoms with Crippen molar-refractivity contribution < 1.29 is 4.74 Å². The molecule has 2 aromatic rings. The lowest BCUT2D eigenvalue weighted by molar-refractivity contribution is 0.404. The van der Waals surface area contributed by atoms with E-state index in [1.165, 1.54) is 4.88 Å². The van der Waals surface area contributed by atoms with Crippen molar-refractivity contribution >= 4 is 22.9 Å². The molecule has 0 spiro atoms. The van der Waals surface area contributed by atoms with Crippen molar-refractivity contribution in [1.82, 2.24) is 15.1 Å². The van der Waals surface area contributed by atoms with E-state index in [1.807, 2.05) is 30.1 Å². The van der Waals surface area contributed by atoms with Crippen molar-refractivity contribution in [1.29, 1.82) is 0 Å². The molecule has 4 nitrogen and oxygen atoms in total. The van der Waals surface area contributed by atoms with Crippen molar-refractivity contribution in [3.05, 3.63) is 32.7 Å². The largest absolute Gasteiger partial charge is 0.496 e. The molecular formula is C14H20ClN3OS. The summed E-state index contributed by atoms with van der Waals surface area (Å²) >= 11 is 8.08. The summed E-state index contributed by atoms with van der Waals surface area (Å²) in [5.41, 5.74) is 1.96. The highest BCUT2D eigenvalue weighted by molar-refractivity contribution is 7.10. The van der Waals surface area contributed by atoms with Gasteiger partial charge in [0.05, 0.1) is 34.4 Å². The van der Waals surface area contributed by atoms with Gasteiger partial charge in [-0.15, -0.1) is 11.3 Å². The summed E-state index contributed by atoms with van der Waals surface area (Å²) in [7, 11) is 3.66. The van der Waals surface area contributed by atoms with Crippen molar-refractivity contribution in [2.45, 2.75) is 32.9 Å². The summed E-state index contributed by atoms with van der Waals surface area (Å²) < 4.78 is 7.39. The highest BCUT2D eigenvalue weighted by Crippen LogP contribution is 2.34. The third-order valence-electron chi connectivity index (χ3n) is 3.39. The van der Waals surface area contributed by atoms with E-state index in [2.05, 4.69) is 17.3 Å². The highest BCUT2D eigenvalue weighted by atomic mass is 35.5. The molecule has 110 valence electrons. The molecule has 0 saturated heterocycles. The lowest BCUT2D eigenvalue weighted by atomic mass is 10.1. The Bertz CT molecular complexity index is 579. The molecule has 1 unspecified atom stereocenters. The zero-order valence-corrected chi connectivity index (χ0v) is 13.8. The Morgan fingerprint density at radius 1 is 1.55 bits per heavy atom. The quantitative estimate of drug-likeness (QED) is 0.888. The number of thiophene rings is 1. The van der Waals surface area contributed by atoms with E-state index in [0.717, 1.165) is 35.1 Å². The van der Waals surface area contributed by atoms with Crippen molar-refractivity contribution in [3.63, 3.8) is 0 Å². The molecule has 0 radical (unpaired) electrons. The number of hydrogen-bond donors (Lipinski definition) is 1. The molecule has 0 aliphatic rings. The van der Waals surface area contributed by atoms with Gasteiger partial charge in [-0.1, -0.05) is 11.6 Å². The van der Waals surface area contributed by atoms with E-state index in [-0.39, 0.29) is 6.04 Å². The molecule has 0 aliphatic heterocycles. The average molecular weight is 314 g/mol. The summed E-state index contributed by atoms with van der Waals surface area (Å²) in [5.74, 6) is 0.921. The number of rotatable bonds is 6. The van der Waals surface area contributed by atoms with Crippen LogP contribution in [0.4, 0.5) is 0 Å². The van der Waals surface area contributed by atoms with E-state index < -0.39 is 0 Å². The third-order valence-corrected chi connectivity index (χ3v) is 4.90. The number of likely N-dealkylation sites (N-methyl/N-ethyl adjacent to an activating group) is 1. The lowest BCUT2D eigenvalue weighted by Crippen LogP contribution is -2.20. The number of nitrogens with one attached hydrogen (secondary N) is 1. The smallest absolute Gasteiger partial charge is 0.134 e. The molecule has 2 aromatic heterocycles. The topological polar surface area (TPSA) is 39.1 Å². The molecule has 20 heavy (non-hydrogen) atoms. The first kappa shape index (κ1) is 15.4. The SMILES string of the molecule is CCn1nc(C)c(Cl)c1CC(NC)c1sccc1OC. The van der Waals surface area contributed by atoms with E-state index >= 15 is 0 Å². The van der Waals surface area contributed by atoms with Crippen LogP contribution < -0.4 is 10.1 Å². The minimum Gasteiger partial charge on any atom is -0.496 e. The predicted octanol–water partition coefficient (Wildman–Crippen LogP) is 3.44. The predicted molar refractivity (Wildman–Crippen MR) is 84.0 cm³/mol. The molecule has 1 atom stereocenters. The first-order chi connectivity index (χ1) is 9.62. The van der Waals surface area contributed by atoms with Gasteiger partial charge in [0.2, 0.25) is 0 Å². The Labute approximate surface area is 128 Å². The number of ether oxygens (including phenoxy) is 1. The summed E-state index contributed by atoms with van der Waals surface area (Å²) in [6.45, 7) is 4.84. The normalized spacial score (nSPS) is 12.7. The minimum absolute atomic E-state index is 0.170. The standard InChI is InChI=1S/C14H20ClN3OS/c1-5-18-11(13(15)9(2)17-18)8-10(16-3)14-12(19-4)6-7-20-14/h6-7,10,16H,5,8H2,1-4H3. The molecule has 2 rings (SSSR count). The van der Waals surface area contributed by atoms with Gasteiger partial charge in [-0.25, -0.2) is 0 Å². The Morgan fingerprint density at radius 3 is 2.90 bits per heavy atom. The van der Waals surface area contributed by atoms with E-state index in [0.29, 0.717) is 0 Å². The van der Waals surface area contributed by atoms with Crippen LogP contribution >= 0.6 is 22.9 Å².